The van der Waals surface area contributed by atoms with Gasteiger partial charge in [0, 0.05) is 24.9 Å². The summed E-state index contributed by atoms with van der Waals surface area (Å²) in [5.41, 5.74) is 0.208. The van der Waals surface area contributed by atoms with E-state index in [4.69, 9.17) is 4.74 Å². The van der Waals surface area contributed by atoms with Gasteiger partial charge in [-0.3, -0.25) is 4.79 Å². The molecule has 0 N–H and O–H groups in total. The van der Waals surface area contributed by atoms with Crippen molar-refractivity contribution in [2.45, 2.75) is 33.6 Å². The molecule has 1 rings (SSSR count). The van der Waals surface area contributed by atoms with Crippen LogP contribution in [0.25, 0.3) is 0 Å². The normalized spacial score (nSPS) is 20.2. The molecule has 0 spiro atoms. The third-order valence-electron chi connectivity index (χ3n) is 2.69. The Kier molecular flexibility index (Phi) is 3.93. The summed E-state index contributed by atoms with van der Waals surface area (Å²) in [6, 6.07) is 0. The van der Waals surface area contributed by atoms with Gasteiger partial charge in [-0.1, -0.05) is 20.8 Å². The molecular formula is C11H21NO2. The van der Waals surface area contributed by atoms with Crippen molar-refractivity contribution >= 4 is 5.97 Å². The zero-order chi connectivity index (χ0) is 10.6. The molecule has 0 aromatic heterocycles. The van der Waals surface area contributed by atoms with Crippen molar-refractivity contribution in [3.8, 4) is 0 Å². The summed E-state index contributed by atoms with van der Waals surface area (Å²) < 4.78 is 5.22. The predicted molar refractivity (Wildman–Crippen MR) is 56.1 cm³/mol. The summed E-state index contributed by atoms with van der Waals surface area (Å²) in [7, 11) is 0. The molecule has 0 aromatic rings. The van der Waals surface area contributed by atoms with E-state index < -0.39 is 0 Å². The number of ether oxygens (including phenoxy) is 1. The average Bonchev–Trinajstić information content (AvgIpc) is 2.11. The summed E-state index contributed by atoms with van der Waals surface area (Å²) in [5.74, 6) is -0.0522. The summed E-state index contributed by atoms with van der Waals surface area (Å²) in [5, 5.41) is 0. The van der Waals surface area contributed by atoms with E-state index in [9.17, 15) is 4.79 Å². The van der Waals surface area contributed by atoms with Crippen LogP contribution in [0.3, 0.4) is 0 Å². The van der Waals surface area contributed by atoms with Crippen molar-refractivity contribution in [3.63, 3.8) is 0 Å². The lowest BCUT2D eigenvalue weighted by Crippen LogP contribution is -2.56. The minimum absolute atomic E-state index is 0.0522. The van der Waals surface area contributed by atoms with Crippen molar-refractivity contribution in [3.05, 3.63) is 0 Å². The lowest BCUT2D eigenvalue weighted by molar-refractivity contribution is -0.151. The highest BCUT2D eigenvalue weighted by molar-refractivity contribution is 5.69. The van der Waals surface area contributed by atoms with E-state index in [0.717, 1.165) is 26.1 Å². The molecule has 1 fully saturated rings. The fraction of sp³-hybridized carbons (Fsp3) is 0.909. The minimum Gasteiger partial charge on any atom is -0.465 e. The first-order valence-corrected chi connectivity index (χ1v) is 5.47. The largest absolute Gasteiger partial charge is 0.465 e. The monoisotopic (exact) mass is 199 g/mol. The van der Waals surface area contributed by atoms with Crippen LogP contribution in [0.2, 0.25) is 0 Å². The van der Waals surface area contributed by atoms with Gasteiger partial charge in [0.05, 0.1) is 6.61 Å². The fourth-order valence-corrected chi connectivity index (χ4v) is 1.88. The highest BCUT2D eigenvalue weighted by Gasteiger charge is 2.38. The molecule has 1 heterocycles. The van der Waals surface area contributed by atoms with Gasteiger partial charge < -0.3 is 9.64 Å². The topological polar surface area (TPSA) is 29.5 Å². The molecule has 82 valence electrons. The minimum atomic E-state index is -0.0522. The van der Waals surface area contributed by atoms with Crippen LogP contribution in [0, 0.1) is 5.41 Å². The van der Waals surface area contributed by atoms with E-state index in [2.05, 4.69) is 18.7 Å². The molecule has 0 aliphatic carbocycles. The number of hydrogen-bond donors (Lipinski definition) is 0. The van der Waals surface area contributed by atoms with Crippen LogP contribution < -0.4 is 0 Å². The van der Waals surface area contributed by atoms with Gasteiger partial charge in [0.2, 0.25) is 0 Å². The van der Waals surface area contributed by atoms with Gasteiger partial charge in [0.25, 0.3) is 0 Å². The van der Waals surface area contributed by atoms with E-state index in [1.54, 1.807) is 0 Å². The maximum Gasteiger partial charge on any atom is 0.305 e. The van der Waals surface area contributed by atoms with E-state index in [1.807, 2.05) is 6.92 Å². The summed E-state index contributed by atoms with van der Waals surface area (Å²) in [6.45, 7) is 10.1. The van der Waals surface area contributed by atoms with Gasteiger partial charge in [0.15, 0.2) is 0 Å². The highest BCUT2D eigenvalue weighted by Crippen LogP contribution is 2.29. The predicted octanol–water partition coefficient (Wildman–Crippen LogP) is 1.67. The zero-order valence-corrected chi connectivity index (χ0v) is 9.51. The lowest BCUT2D eigenvalue weighted by atomic mass is 9.83. The summed E-state index contributed by atoms with van der Waals surface area (Å²) >= 11 is 0. The number of esters is 1. The lowest BCUT2D eigenvalue weighted by Gasteiger charge is -2.47. The molecule has 0 bridgehead atoms. The maximum absolute atomic E-state index is 11.1. The van der Waals surface area contributed by atoms with Crippen molar-refractivity contribution in [1.82, 2.24) is 4.90 Å². The van der Waals surface area contributed by atoms with Gasteiger partial charge >= 0.3 is 5.97 Å². The van der Waals surface area contributed by atoms with Crippen LogP contribution in [0.1, 0.15) is 33.6 Å². The number of rotatable bonds is 5. The summed E-state index contributed by atoms with van der Waals surface area (Å²) in [6.07, 6.45) is 1.42. The van der Waals surface area contributed by atoms with Crippen molar-refractivity contribution in [1.29, 1.82) is 0 Å². The first kappa shape index (κ1) is 11.5. The van der Waals surface area contributed by atoms with E-state index in [-0.39, 0.29) is 11.4 Å². The van der Waals surface area contributed by atoms with Crippen LogP contribution >= 0.6 is 0 Å². The molecule has 0 amide bonds. The molecule has 1 saturated heterocycles. The Morgan fingerprint density at radius 2 is 2.07 bits per heavy atom. The Morgan fingerprint density at radius 1 is 1.43 bits per heavy atom. The second-order valence-corrected chi connectivity index (χ2v) is 4.52. The molecule has 3 nitrogen and oxygen atoms in total. The SMILES string of the molecule is CCCC(=O)OCC1(C)CN(CC)C1. The van der Waals surface area contributed by atoms with Crippen molar-refractivity contribution in [2.24, 2.45) is 5.41 Å². The smallest absolute Gasteiger partial charge is 0.305 e. The Morgan fingerprint density at radius 3 is 2.57 bits per heavy atom. The molecule has 1 aliphatic heterocycles. The number of nitrogens with zero attached hydrogens (tertiary/aromatic N) is 1. The van der Waals surface area contributed by atoms with E-state index in [0.29, 0.717) is 13.0 Å². The standard InChI is InChI=1S/C11H21NO2/c1-4-6-10(13)14-9-11(3)7-12(5-2)8-11/h4-9H2,1-3H3. The number of carbonyl (C=O) groups excluding carboxylic acids is 1. The number of hydrogen-bond acceptors (Lipinski definition) is 3. The average molecular weight is 199 g/mol. The Labute approximate surface area is 86.4 Å². The quantitative estimate of drug-likeness (QED) is 0.631. The zero-order valence-electron chi connectivity index (χ0n) is 9.51. The number of likely N-dealkylation sites (tertiary alicyclic amines) is 1. The molecule has 0 radical (unpaired) electrons. The van der Waals surface area contributed by atoms with Crippen molar-refractivity contribution in [2.75, 3.05) is 26.2 Å². The van der Waals surface area contributed by atoms with Crippen LogP contribution in [0.15, 0.2) is 0 Å². The van der Waals surface area contributed by atoms with E-state index in [1.165, 1.54) is 0 Å². The Bertz CT molecular complexity index is 197. The fourth-order valence-electron chi connectivity index (χ4n) is 1.88. The first-order valence-electron chi connectivity index (χ1n) is 5.47. The molecule has 1 aliphatic rings. The summed E-state index contributed by atoms with van der Waals surface area (Å²) in [4.78, 5) is 13.5. The molecule has 3 heteroatoms. The molecule has 0 saturated carbocycles. The Balaban J connectivity index is 2.16. The Hall–Kier alpha value is -0.570. The third kappa shape index (κ3) is 2.98. The molecular weight excluding hydrogens is 178 g/mol. The molecule has 0 aromatic carbocycles. The second kappa shape index (κ2) is 4.78. The highest BCUT2D eigenvalue weighted by atomic mass is 16.5. The molecule has 14 heavy (non-hydrogen) atoms. The second-order valence-electron chi connectivity index (χ2n) is 4.52. The van der Waals surface area contributed by atoms with Crippen LogP contribution in [0.5, 0.6) is 0 Å². The van der Waals surface area contributed by atoms with Crippen molar-refractivity contribution < 1.29 is 9.53 Å². The first-order chi connectivity index (χ1) is 6.59. The molecule has 0 atom stereocenters. The van der Waals surface area contributed by atoms with Crippen LogP contribution in [-0.2, 0) is 9.53 Å². The third-order valence-corrected chi connectivity index (χ3v) is 2.69. The maximum atomic E-state index is 11.1. The van der Waals surface area contributed by atoms with Gasteiger partial charge in [-0.15, -0.1) is 0 Å². The number of carbonyl (C=O) groups is 1. The van der Waals surface area contributed by atoms with Crippen LogP contribution in [0.4, 0.5) is 0 Å². The van der Waals surface area contributed by atoms with Gasteiger partial charge in [-0.2, -0.15) is 0 Å². The van der Waals surface area contributed by atoms with Gasteiger partial charge in [-0.05, 0) is 13.0 Å². The molecule has 0 unspecified atom stereocenters. The van der Waals surface area contributed by atoms with E-state index >= 15 is 0 Å². The van der Waals surface area contributed by atoms with Crippen LogP contribution in [-0.4, -0.2) is 37.1 Å². The van der Waals surface area contributed by atoms with Gasteiger partial charge in [0.1, 0.15) is 0 Å². The van der Waals surface area contributed by atoms with Gasteiger partial charge in [-0.25, -0.2) is 0 Å².